The molecular weight excluding hydrogens is 687 g/mol. The normalized spacial score (nSPS) is 12.6. The van der Waals surface area contributed by atoms with Gasteiger partial charge in [-0.05, 0) is 77.7 Å². The first-order valence-corrected chi connectivity index (χ1v) is 19.6. The summed E-state index contributed by atoms with van der Waals surface area (Å²) in [5.41, 5.74) is 15.4. The molecule has 4 nitrogen and oxygen atoms in total. The summed E-state index contributed by atoms with van der Waals surface area (Å²) >= 11 is 1.89. The fourth-order valence-corrected chi connectivity index (χ4v) is 10.3. The van der Waals surface area contributed by atoms with Gasteiger partial charge in [-0.15, -0.1) is 0 Å². The van der Waals surface area contributed by atoms with Crippen molar-refractivity contribution in [1.82, 2.24) is 14.1 Å². The van der Waals surface area contributed by atoms with Gasteiger partial charge < -0.3 is 9.47 Å². The first-order chi connectivity index (χ1) is 27.3. The third-order valence-corrected chi connectivity index (χ3v) is 12.5. The van der Waals surface area contributed by atoms with E-state index in [1.54, 1.807) is 0 Å². The number of para-hydroxylation sites is 5. The van der Waals surface area contributed by atoms with Crippen LogP contribution in [0.3, 0.4) is 0 Å². The molecular formula is C49H31BN4S. The second-order valence-electron chi connectivity index (χ2n) is 14.4. The van der Waals surface area contributed by atoms with Crippen molar-refractivity contribution >= 4 is 84.8 Å². The zero-order valence-electron chi connectivity index (χ0n) is 29.7. The van der Waals surface area contributed by atoms with Crippen molar-refractivity contribution in [3.8, 4) is 22.8 Å². The number of benzene rings is 8. The smallest absolute Gasteiger partial charge is 0.249 e. The minimum absolute atomic E-state index is 0.0564. The van der Waals surface area contributed by atoms with Crippen molar-refractivity contribution in [3.05, 3.63) is 188 Å². The van der Waals surface area contributed by atoms with E-state index in [2.05, 4.69) is 202 Å². The van der Waals surface area contributed by atoms with Crippen molar-refractivity contribution in [2.75, 3.05) is 4.90 Å². The van der Waals surface area contributed by atoms with Crippen LogP contribution in [0.5, 0.6) is 0 Å². The molecule has 6 heteroatoms. The highest BCUT2D eigenvalue weighted by Crippen LogP contribution is 2.43. The highest BCUT2D eigenvalue weighted by molar-refractivity contribution is 8.00. The van der Waals surface area contributed by atoms with E-state index in [4.69, 9.17) is 4.98 Å². The molecule has 2 aliphatic heterocycles. The molecule has 4 heterocycles. The van der Waals surface area contributed by atoms with Crippen LogP contribution < -0.4 is 21.3 Å². The van der Waals surface area contributed by atoms with E-state index in [0.717, 1.165) is 39.7 Å². The van der Waals surface area contributed by atoms with Gasteiger partial charge in [-0.2, -0.15) is 0 Å². The van der Waals surface area contributed by atoms with Crippen molar-refractivity contribution in [1.29, 1.82) is 0 Å². The number of anilines is 3. The second-order valence-corrected chi connectivity index (χ2v) is 15.4. The van der Waals surface area contributed by atoms with Crippen LogP contribution in [0, 0.1) is 0 Å². The van der Waals surface area contributed by atoms with Crippen LogP contribution in [0.15, 0.2) is 198 Å². The summed E-state index contributed by atoms with van der Waals surface area (Å²) in [5, 5.41) is 2.51. The Hall–Kier alpha value is -6.76. The number of aromatic nitrogens is 3. The monoisotopic (exact) mass is 718 g/mol. The third kappa shape index (κ3) is 4.52. The number of fused-ring (bicyclic) bond motifs is 7. The molecule has 0 radical (unpaired) electrons. The molecule has 0 spiro atoms. The quantitative estimate of drug-likeness (QED) is 0.166. The average Bonchev–Trinajstić information content (AvgIpc) is 3.81. The van der Waals surface area contributed by atoms with E-state index < -0.39 is 0 Å². The van der Waals surface area contributed by atoms with Crippen LogP contribution in [0.4, 0.5) is 17.1 Å². The van der Waals surface area contributed by atoms with Crippen molar-refractivity contribution < 1.29 is 0 Å². The Morgan fingerprint density at radius 1 is 0.491 bits per heavy atom. The lowest BCUT2D eigenvalue weighted by molar-refractivity contribution is 1.08. The minimum Gasteiger partial charge on any atom is -0.310 e. The highest BCUT2D eigenvalue weighted by atomic mass is 32.2. The predicted octanol–water partition coefficient (Wildman–Crippen LogP) is 10.6. The molecule has 8 aromatic carbocycles. The lowest BCUT2D eigenvalue weighted by atomic mass is 9.35. The molecule has 10 aromatic rings. The standard InChI is InChI=1S/C49H31BN4S/c1-4-15-32(16-5-1)49-51-41-24-14-23-40-48(41)54(49)44-29-36(53-42-25-12-10-21-37(42)38-22-11-13-26-43(38)53)31-46-47(44)50(40)39-28-27-35(30-45(39)55-46)52(33-17-6-2-7-18-33)34-19-8-3-9-20-34/h1-31H. The molecule has 12 rings (SSSR count). The van der Waals surface area contributed by atoms with Crippen LogP contribution in [0.2, 0.25) is 0 Å². The van der Waals surface area contributed by atoms with Gasteiger partial charge in [0.05, 0.1) is 22.1 Å². The Kier molecular flexibility index (Phi) is 6.62. The van der Waals surface area contributed by atoms with Gasteiger partial charge in [-0.3, -0.25) is 4.57 Å². The SMILES string of the molecule is c1ccc(-c2nc3cccc4c3n2-c2cc(-n3c5ccccc5c5ccccc53)cc3c2B4c2ccc(N(c4ccccc4)c4ccccc4)cc2S3)cc1. The van der Waals surface area contributed by atoms with Gasteiger partial charge in [0.2, 0.25) is 6.71 Å². The van der Waals surface area contributed by atoms with Crippen molar-refractivity contribution in [2.45, 2.75) is 9.79 Å². The maximum Gasteiger partial charge on any atom is 0.249 e. The molecule has 2 aliphatic rings. The van der Waals surface area contributed by atoms with Gasteiger partial charge in [-0.25, -0.2) is 4.98 Å². The number of imidazole rings is 1. The molecule has 0 amide bonds. The number of rotatable bonds is 5. The van der Waals surface area contributed by atoms with Crippen LogP contribution in [0.1, 0.15) is 0 Å². The first-order valence-electron chi connectivity index (χ1n) is 18.8. The third-order valence-electron chi connectivity index (χ3n) is 11.3. The zero-order valence-corrected chi connectivity index (χ0v) is 30.5. The fourth-order valence-electron chi connectivity index (χ4n) is 9.08. The summed E-state index contributed by atoms with van der Waals surface area (Å²) in [6.45, 7) is 0.0564. The Labute approximate surface area is 323 Å². The largest absolute Gasteiger partial charge is 0.310 e. The van der Waals surface area contributed by atoms with Crippen LogP contribution in [0.25, 0.3) is 55.6 Å². The van der Waals surface area contributed by atoms with Gasteiger partial charge in [0.15, 0.2) is 0 Å². The van der Waals surface area contributed by atoms with E-state index in [1.807, 2.05) is 11.8 Å². The number of nitrogens with zero attached hydrogens (tertiary/aromatic N) is 4. The highest BCUT2D eigenvalue weighted by Gasteiger charge is 2.40. The second kappa shape index (κ2) is 11.9. The minimum atomic E-state index is 0.0564. The Morgan fingerprint density at radius 3 is 1.82 bits per heavy atom. The predicted molar refractivity (Wildman–Crippen MR) is 231 cm³/mol. The summed E-state index contributed by atoms with van der Waals surface area (Å²) in [6.07, 6.45) is 0. The van der Waals surface area contributed by atoms with E-state index >= 15 is 0 Å². The summed E-state index contributed by atoms with van der Waals surface area (Å²) in [4.78, 5) is 10.3. The molecule has 0 saturated heterocycles. The molecule has 0 saturated carbocycles. The van der Waals surface area contributed by atoms with Crippen molar-refractivity contribution in [3.63, 3.8) is 0 Å². The molecule has 0 unspecified atom stereocenters. The molecule has 55 heavy (non-hydrogen) atoms. The lowest BCUT2D eigenvalue weighted by Gasteiger charge is -2.34. The lowest BCUT2D eigenvalue weighted by Crippen LogP contribution is -2.58. The topological polar surface area (TPSA) is 26.0 Å². The first kappa shape index (κ1) is 30.7. The van der Waals surface area contributed by atoms with Gasteiger partial charge in [-0.1, -0.05) is 139 Å². The zero-order chi connectivity index (χ0) is 36.0. The van der Waals surface area contributed by atoms with Gasteiger partial charge in [0.25, 0.3) is 0 Å². The van der Waals surface area contributed by atoms with E-state index in [9.17, 15) is 0 Å². The molecule has 256 valence electrons. The van der Waals surface area contributed by atoms with Crippen molar-refractivity contribution in [2.24, 2.45) is 0 Å². The van der Waals surface area contributed by atoms with Crippen LogP contribution in [-0.2, 0) is 0 Å². The fraction of sp³-hybridized carbons (Fsp3) is 0. The molecule has 0 atom stereocenters. The van der Waals surface area contributed by atoms with Crippen LogP contribution in [-0.4, -0.2) is 20.8 Å². The molecule has 0 N–H and O–H groups in total. The summed E-state index contributed by atoms with van der Waals surface area (Å²) in [6, 6.07) is 68.2. The number of hydrogen-bond acceptors (Lipinski definition) is 3. The number of hydrogen-bond donors (Lipinski definition) is 0. The summed E-state index contributed by atoms with van der Waals surface area (Å²) in [5.74, 6) is 0.968. The molecule has 0 aliphatic carbocycles. The molecule has 2 aromatic heterocycles. The summed E-state index contributed by atoms with van der Waals surface area (Å²) in [7, 11) is 0. The van der Waals surface area contributed by atoms with E-state index in [0.29, 0.717) is 0 Å². The van der Waals surface area contributed by atoms with Gasteiger partial charge in [0.1, 0.15) is 5.82 Å². The maximum absolute atomic E-state index is 5.37. The molecule has 0 fully saturated rings. The maximum atomic E-state index is 5.37. The summed E-state index contributed by atoms with van der Waals surface area (Å²) < 4.78 is 4.89. The van der Waals surface area contributed by atoms with E-state index in [1.165, 1.54) is 59.2 Å². The Balaban J connectivity index is 1.15. The molecule has 0 bridgehead atoms. The average molecular weight is 719 g/mol. The van der Waals surface area contributed by atoms with Gasteiger partial charge in [0, 0.05) is 54.6 Å². The van der Waals surface area contributed by atoms with Crippen LogP contribution >= 0.6 is 11.8 Å². The Bertz CT molecular complexity index is 3040. The Morgan fingerprint density at radius 2 is 1.13 bits per heavy atom. The van der Waals surface area contributed by atoms with Gasteiger partial charge >= 0.3 is 0 Å². The van der Waals surface area contributed by atoms with E-state index in [-0.39, 0.29) is 6.71 Å².